The van der Waals surface area contributed by atoms with Crippen molar-refractivity contribution in [2.24, 2.45) is 0 Å². The second-order valence-corrected chi connectivity index (χ2v) is 4.66. The first kappa shape index (κ1) is 18.3. The van der Waals surface area contributed by atoms with Crippen LogP contribution in [0.15, 0.2) is 18.2 Å². The molecule has 2 amide bonds. The van der Waals surface area contributed by atoms with Crippen molar-refractivity contribution in [3.63, 3.8) is 0 Å². The molecule has 0 radical (unpaired) electrons. The van der Waals surface area contributed by atoms with Gasteiger partial charge in [-0.1, -0.05) is 0 Å². The molecule has 7 nitrogen and oxygen atoms in total. The summed E-state index contributed by atoms with van der Waals surface area (Å²) in [6.45, 7) is -0.00503. The van der Waals surface area contributed by atoms with Gasteiger partial charge in [-0.05, 0) is 23.8 Å². The van der Waals surface area contributed by atoms with Gasteiger partial charge in [0.05, 0.1) is 27.9 Å². The molecule has 0 aromatic heterocycles. The molecule has 126 valence electrons. The van der Waals surface area contributed by atoms with E-state index in [9.17, 15) is 9.59 Å². The van der Waals surface area contributed by atoms with E-state index in [1.807, 2.05) is 0 Å². The Balaban J connectivity index is 2.95. The zero-order chi connectivity index (χ0) is 17.4. The van der Waals surface area contributed by atoms with Crippen LogP contribution >= 0.6 is 0 Å². The molecule has 0 aliphatic rings. The maximum absolute atomic E-state index is 12.0. The van der Waals surface area contributed by atoms with Crippen molar-refractivity contribution in [1.29, 1.82) is 0 Å². The van der Waals surface area contributed by atoms with Crippen LogP contribution in [0, 0.1) is 0 Å². The number of hydrogen-bond acceptors (Lipinski definition) is 5. The Labute approximate surface area is 135 Å². The predicted octanol–water partition coefficient (Wildman–Crippen LogP) is 0.930. The summed E-state index contributed by atoms with van der Waals surface area (Å²) in [5, 5.41) is 2.46. The van der Waals surface area contributed by atoms with E-state index >= 15 is 0 Å². The molecule has 0 fully saturated rings. The van der Waals surface area contributed by atoms with Gasteiger partial charge >= 0.3 is 0 Å². The molecular weight excluding hydrogens is 300 g/mol. The highest BCUT2D eigenvalue weighted by atomic mass is 16.5. The number of ether oxygens (including phenoxy) is 3. The topological polar surface area (TPSA) is 77.1 Å². The summed E-state index contributed by atoms with van der Waals surface area (Å²) >= 11 is 0. The fourth-order valence-corrected chi connectivity index (χ4v) is 1.86. The highest BCUT2D eigenvalue weighted by molar-refractivity contribution is 5.94. The van der Waals surface area contributed by atoms with Crippen molar-refractivity contribution < 1.29 is 23.8 Å². The third-order valence-electron chi connectivity index (χ3n) is 3.14. The van der Waals surface area contributed by atoms with Crippen molar-refractivity contribution in [3.05, 3.63) is 23.8 Å². The second kappa shape index (κ2) is 8.67. The Morgan fingerprint density at radius 1 is 1.13 bits per heavy atom. The van der Waals surface area contributed by atoms with Gasteiger partial charge < -0.3 is 24.4 Å². The highest BCUT2D eigenvalue weighted by Crippen LogP contribution is 2.38. The van der Waals surface area contributed by atoms with Crippen LogP contribution in [0.3, 0.4) is 0 Å². The van der Waals surface area contributed by atoms with Crippen LogP contribution in [0.4, 0.5) is 0 Å². The third kappa shape index (κ3) is 4.91. The number of rotatable bonds is 7. The average Bonchev–Trinajstić information content (AvgIpc) is 2.57. The predicted molar refractivity (Wildman–Crippen MR) is 86.8 cm³/mol. The number of amides is 2. The van der Waals surface area contributed by atoms with E-state index in [2.05, 4.69) is 5.32 Å². The molecule has 0 saturated carbocycles. The number of carbonyl (C=O) groups is 2. The Bertz CT molecular complexity index is 573. The van der Waals surface area contributed by atoms with Crippen molar-refractivity contribution in [2.45, 2.75) is 0 Å². The first-order valence-corrected chi connectivity index (χ1v) is 6.90. The number of methoxy groups -OCH3 is 3. The molecule has 1 N–H and O–H groups in total. The summed E-state index contributed by atoms with van der Waals surface area (Å²) in [5.74, 6) is 0.954. The minimum absolute atomic E-state index is 0.00503. The monoisotopic (exact) mass is 322 g/mol. The van der Waals surface area contributed by atoms with Crippen LogP contribution in [0.5, 0.6) is 17.2 Å². The summed E-state index contributed by atoms with van der Waals surface area (Å²) in [4.78, 5) is 24.5. The van der Waals surface area contributed by atoms with E-state index in [0.29, 0.717) is 22.8 Å². The van der Waals surface area contributed by atoms with E-state index in [0.717, 1.165) is 0 Å². The molecule has 1 rings (SSSR count). The molecule has 0 unspecified atom stereocenters. The van der Waals surface area contributed by atoms with Crippen LogP contribution < -0.4 is 19.5 Å². The lowest BCUT2D eigenvalue weighted by Gasteiger charge is -2.14. The van der Waals surface area contributed by atoms with Crippen molar-refractivity contribution in [3.8, 4) is 17.2 Å². The molecule has 0 saturated heterocycles. The molecule has 0 bridgehead atoms. The largest absolute Gasteiger partial charge is 0.493 e. The Kier molecular flexibility index (Phi) is 6.92. The molecule has 0 atom stereocenters. The molecular formula is C16H22N2O5. The number of benzene rings is 1. The van der Waals surface area contributed by atoms with Gasteiger partial charge in [-0.25, -0.2) is 0 Å². The fraction of sp³-hybridized carbons (Fsp3) is 0.375. The Hall–Kier alpha value is -2.70. The summed E-state index contributed by atoms with van der Waals surface area (Å²) < 4.78 is 15.7. The average molecular weight is 322 g/mol. The number of carbonyl (C=O) groups excluding carboxylic acids is 2. The van der Waals surface area contributed by atoms with Crippen molar-refractivity contribution >= 4 is 17.9 Å². The lowest BCUT2D eigenvalue weighted by molar-refractivity contribution is -0.130. The normalized spacial score (nSPS) is 10.3. The summed E-state index contributed by atoms with van der Waals surface area (Å²) in [6.07, 6.45) is 3.00. The van der Waals surface area contributed by atoms with Gasteiger partial charge in [-0.2, -0.15) is 0 Å². The van der Waals surface area contributed by atoms with Gasteiger partial charge in [0, 0.05) is 20.2 Å². The van der Waals surface area contributed by atoms with Crippen molar-refractivity contribution in [2.75, 3.05) is 42.0 Å². The third-order valence-corrected chi connectivity index (χ3v) is 3.14. The van der Waals surface area contributed by atoms with E-state index in [-0.39, 0.29) is 18.4 Å². The lowest BCUT2D eigenvalue weighted by Crippen LogP contribution is -2.35. The van der Waals surface area contributed by atoms with Crippen LogP contribution in [0.2, 0.25) is 0 Å². The molecule has 0 heterocycles. The molecule has 23 heavy (non-hydrogen) atoms. The van der Waals surface area contributed by atoms with Gasteiger partial charge in [-0.3, -0.25) is 9.59 Å². The number of nitrogens with zero attached hydrogens (tertiary/aromatic N) is 1. The minimum atomic E-state index is -0.289. The number of likely N-dealkylation sites (N-methyl/N-ethyl adjacent to an activating group) is 2. The van der Waals surface area contributed by atoms with Gasteiger partial charge in [0.25, 0.3) is 0 Å². The zero-order valence-electron chi connectivity index (χ0n) is 14.0. The van der Waals surface area contributed by atoms with Gasteiger partial charge in [0.2, 0.25) is 17.6 Å². The van der Waals surface area contributed by atoms with Crippen LogP contribution in [-0.4, -0.2) is 58.7 Å². The van der Waals surface area contributed by atoms with E-state index < -0.39 is 0 Å². The van der Waals surface area contributed by atoms with Gasteiger partial charge in [-0.15, -0.1) is 0 Å². The summed E-state index contributed by atoms with van der Waals surface area (Å²) in [7, 11) is 7.64. The van der Waals surface area contributed by atoms with Gasteiger partial charge in [0.1, 0.15) is 0 Å². The maximum Gasteiger partial charge on any atom is 0.246 e. The summed E-state index contributed by atoms with van der Waals surface area (Å²) in [5.41, 5.74) is 0.709. The number of hydrogen-bond donors (Lipinski definition) is 1. The highest BCUT2D eigenvalue weighted by Gasteiger charge is 2.13. The number of nitrogens with one attached hydrogen (secondary N) is 1. The molecule has 0 aliphatic carbocycles. The molecule has 0 aliphatic heterocycles. The van der Waals surface area contributed by atoms with Crippen LogP contribution in [0.1, 0.15) is 5.56 Å². The zero-order valence-corrected chi connectivity index (χ0v) is 14.0. The maximum atomic E-state index is 12.0. The van der Waals surface area contributed by atoms with Crippen LogP contribution in [0.25, 0.3) is 6.08 Å². The molecule has 1 aromatic carbocycles. The second-order valence-electron chi connectivity index (χ2n) is 4.66. The quantitative estimate of drug-likeness (QED) is 0.756. The summed E-state index contributed by atoms with van der Waals surface area (Å²) in [6, 6.07) is 3.45. The van der Waals surface area contributed by atoms with Crippen molar-refractivity contribution in [1.82, 2.24) is 10.2 Å². The minimum Gasteiger partial charge on any atom is -0.493 e. The SMILES string of the molecule is CNC(=O)CN(C)C(=O)/C=C/c1cc(OC)c(OC)c(OC)c1. The smallest absolute Gasteiger partial charge is 0.246 e. The van der Waals surface area contributed by atoms with Crippen LogP contribution in [-0.2, 0) is 9.59 Å². The molecule has 0 spiro atoms. The Morgan fingerprint density at radius 3 is 2.13 bits per heavy atom. The molecule has 1 aromatic rings. The first-order valence-electron chi connectivity index (χ1n) is 6.90. The standard InChI is InChI=1S/C16H22N2O5/c1-17-14(19)10-18(2)15(20)7-6-11-8-12(21-3)16(23-5)13(9-11)22-4/h6-9H,10H2,1-5H3,(H,17,19)/b7-6+. The first-order chi connectivity index (χ1) is 11.0. The lowest BCUT2D eigenvalue weighted by atomic mass is 10.1. The van der Waals surface area contributed by atoms with E-state index in [4.69, 9.17) is 14.2 Å². The van der Waals surface area contributed by atoms with E-state index in [1.165, 1.54) is 39.4 Å². The molecule has 7 heteroatoms. The van der Waals surface area contributed by atoms with Gasteiger partial charge in [0.15, 0.2) is 11.5 Å². The van der Waals surface area contributed by atoms with E-state index in [1.54, 1.807) is 25.3 Å². The Morgan fingerprint density at radius 2 is 1.70 bits per heavy atom. The fourth-order valence-electron chi connectivity index (χ4n) is 1.86.